The zero-order valence-electron chi connectivity index (χ0n) is 15.8. The van der Waals surface area contributed by atoms with Gasteiger partial charge in [-0.05, 0) is 49.7 Å². The van der Waals surface area contributed by atoms with E-state index in [0.717, 1.165) is 0 Å². The Labute approximate surface area is 156 Å². The van der Waals surface area contributed by atoms with E-state index in [1.807, 2.05) is 0 Å². The fraction of sp³-hybridized carbons (Fsp3) is 0.500. The first-order valence-corrected chi connectivity index (χ1v) is 10.2. The van der Waals surface area contributed by atoms with E-state index in [4.69, 9.17) is 9.47 Å². The van der Waals surface area contributed by atoms with E-state index >= 15 is 0 Å². The van der Waals surface area contributed by atoms with E-state index in [9.17, 15) is 0 Å². The van der Waals surface area contributed by atoms with Crippen LogP contribution < -0.4 is 0 Å². The predicted octanol–water partition coefficient (Wildman–Crippen LogP) is 5.08. The Morgan fingerprint density at radius 3 is 1.54 bits per heavy atom. The SMILES string of the molecule is CCOC1(OCC)[C@]2(c3ccccc3)[C@H]3CCC[C@H]3[C@]12c1ccccc1. The fourth-order valence-electron chi connectivity index (χ4n) is 7.09. The Hall–Kier alpha value is -1.64. The molecule has 136 valence electrons. The van der Waals surface area contributed by atoms with Crippen molar-refractivity contribution in [1.82, 2.24) is 0 Å². The first-order valence-electron chi connectivity index (χ1n) is 10.2. The van der Waals surface area contributed by atoms with Gasteiger partial charge in [0.15, 0.2) is 5.79 Å². The Morgan fingerprint density at radius 2 is 1.15 bits per heavy atom. The molecule has 4 atom stereocenters. The van der Waals surface area contributed by atoms with Gasteiger partial charge in [0.25, 0.3) is 0 Å². The van der Waals surface area contributed by atoms with Crippen LogP contribution >= 0.6 is 0 Å². The van der Waals surface area contributed by atoms with Crippen molar-refractivity contribution >= 4 is 0 Å². The lowest BCUT2D eigenvalue weighted by Gasteiger charge is -2.46. The second kappa shape index (κ2) is 5.68. The monoisotopic (exact) mass is 348 g/mol. The Balaban J connectivity index is 1.78. The molecular weight excluding hydrogens is 320 g/mol. The number of rotatable bonds is 6. The zero-order chi connectivity index (χ0) is 17.8. The zero-order valence-corrected chi connectivity index (χ0v) is 15.8. The molecule has 0 unspecified atom stereocenters. The first-order chi connectivity index (χ1) is 12.8. The van der Waals surface area contributed by atoms with Gasteiger partial charge in [-0.25, -0.2) is 0 Å². The molecule has 2 heteroatoms. The highest BCUT2D eigenvalue weighted by Crippen LogP contribution is 2.92. The van der Waals surface area contributed by atoms with Crippen LogP contribution in [0.1, 0.15) is 44.2 Å². The van der Waals surface area contributed by atoms with E-state index < -0.39 is 5.79 Å². The van der Waals surface area contributed by atoms with Gasteiger partial charge in [-0.15, -0.1) is 0 Å². The molecule has 0 aliphatic heterocycles. The summed E-state index contributed by atoms with van der Waals surface area (Å²) in [6, 6.07) is 22.1. The van der Waals surface area contributed by atoms with Crippen LogP contribution in [0.25, 0.3) is 0 Å². The Morgan fingerprint density at radius 1 is 0.731 bits per heavy atom. The number of fused-ring (bicyclic) bond motifs is 4. The molecule has 0 radical (unpaired) electrons. The highest BCUT2D eigenvalue weighted by molar-refractivity contribution is 5.66. The predicted molar refractivity (Wildman–Crippen MR) is 103 cm³/mol. The molecule has 3 aliphatic rings. The van der Waals surface area contributed by atoms with Crippen LogP contribution in [-0.2, 0) is 20.3 Å². The molecule has 2 aromatic carbocycles. The minimum absolute atomic E-state index is 0.0458. The third kappa shape index (κ3) is 1.54. The number of ether oxygens (including phenoxy) is 2. The molecule has 26 heavy (non-hydrogen) atoms. The number of hydrogen-bond donors (Lipinski definition) is 0. The summed E-state index contributed by atoms with van der Waals surface area (Å²) in [5, 5.41) is 0. The van der Waals surface area contributed by atoms with Gasteiger partial charge in [-0.2, -0.15) is 0 Å². The van der Waals surface area contributed by atoms with Crippen LogP contribution in [-0.4, -0.2) is 19.0 Å². The molecule has 0 heterocycles. The smallest absolute Gasteiger partial charge is 0.190 e. The van der Waals surface area contributed by atoms with Crippen LogP contribution in [0.5, 0.6) is 0 Å². The lowest BCUT2D eigenvalue weighted by Crippen LogP contribution is -2.49. The van der Waals surface area contributed by atoms with Crippen molar-refractivity contribution in [3.8, 4) is 0 Å². The van der Waals surface area contributed by atoms with Crippen LogP contribution in [0.15, 0.2) is 60.7 Å². The molecule has 3 saturated carbocycles. The van der Waals surface area contributed by atoms with Gasteiger partial charge in [-0.3, -0.25) is 0 Å². The normalized spacial score (nSPS) is 36.1. The maximum Gasteiger partial charge on any atom is 0.190 e. The van der Waals surface area contributed by atoms with Crippen molar-refractivity contribution < 1.29 is 9.47 Å². The van der Waals surface area contributed by atoms with Gasteiger partial charge in [0, 0.05) is 13.2 Å². The van der Waals surface area contributed by atoms with E-state index in [1.165, 1.54) is 30.4 Å². The molecule has 3 aliphatic carbocycles. The highest BCUT2D eigenvalue weighted by atomic mass is 16.7. The van der Waals surface area contributed by atoms with Crippen molar-refractivity contribution in [1.29, 1.82) is 0 Å². The maximum atomic E-state index is 6.60. The summed E-state index contributed by atoms with van der Waals surface area (Å²) in [6.45, 7) is 5.57. The summed E-state index contributed by atoms with van der Waals surface area (Å²) in [7, 11) is 0. The van der Waals surface area contributed by atoms with Gasteiger partial charge in [-0.1, -0.05) is 67.1 Å². The second-order valence-corrected chi connectivity index (χ2v) is 7.97. The summed E-state index contributed by atoms with van der Waals surface area (Å²) in [4.78, 5) is 0. The van der Waals surface area contributed by atoms with Crippen LogP contribution in [0.2, 0.25) is 0 Å². The highest BCUT2D eigenvalue weighted by Gasteiger charge is 3.02. The molecule has 0 amide bonds. The van der Waals surface area contributed by atoms with Crippen molar-refractivity contribution in [3.05, 3.63) is 71.8 Å². The molecule has 5 rings (SSSR count). The minimum Gasteiger partial charge on any atom is -0.348 e. The molecule has 0 aromatic heterocycles. The quantitative estimate of drug-likeness (QED) is 0.678. The van der Waals surface area contributed by atoms with Crippen LogP contribution in [0.4, 0.5) is 0 Å². The Kier molecular flexibility index (Phi) is 3.61. The summed E-state index contributed by atoms with van der Waals surface area (Å²) in [5.74, 6) is 0.786. The topological polar surface area (TPSA) is 18.5 Å². The lowest BCUT2D eigenvalue weighted by molar-refractivity contribution is -0.182. The molecule has 0 N–H and O–H groups in total. The van der Waals surface area contributed by atoms with Gasteiger partial charge >= 0.3 is 0 Å². The summed E-state index contributed by atoms with van der Waals surface area (Å²) >= 11 is 0. The lowest BCUT2D eigenvalue weighted by atomic mass is 9.54. The van der Waals surface area contributed by atoms with E-state index in [-0.39, 0.29) is 10.8 Å². The second-order valence-electron chi connectivity index (χ2n) is 7.97. The average molecular weight is 348 g/mol. The number of benzene rings is 2. The van der Waals surface area contributed by atoms with E-state index in [0.29, 0.717) is 25.0 Å². The molecule has 2 aromatic rings. The average Bonchev–Trinajstić information content (AvgIpc) is 2.90. The van der Waals surface area contributed by atoms with Crippen LogP contribution in [0.3, 0.4) is 0 Å². The Bertz CT molecular complexity index is 719. The number of hydrogen-bond acceptors (Lipinski definition) is 2. The largest absolute Gasteiger partial charge is 0.348 e. The van der Waals surface area contributed by atoms with Crippen molar-refractivity contribution in [2.75, 3.05) is 13.2 Å². The third-order valence-corrected chi connectivity index (χ3v) is 7.38. The standard InChI is InChI=1S/C24H28O2/c1-3-25-24(26-4-2)22(18-12-7-5-8-13-18)20-16-11-17-21(20)23(22,24)19-14-9-6-10-15-19/h5-10,12-15,20-21H,3-4,11,16-17H2,1-2H3/t20-,21+,22+,23-. The summed E-state index contributed by atoms with van der Waals surface area (Å²) in [5.41, 5.74) is 2.70. The molecule has 3 fully saturated rings. The minimum atomic E-state index is -0.526. The van der Waals surface area contributed by atoms with Crippen molar-refractivity contribution in [2.45, 2.75) is 49.7 Å². The van der Waals surface area contributed by atoms with Gasteiger partial charge < -0.3 is 9.47 Å². The van der Waals surface area contributed by atoms with E-state index in [1.54, 1.807) is 0 Å². The molecule has 0 saturated heterocycles. The van der Waals surface area contributed by atoms with Crippen molar-refractivity contribution in [2.24, 2.45) is 11.8 Å². The molecular formula is C24H28O2. The molecule has 2 nitrogen and oxygen atoms in total. The summed E-state index contributed by atoms with van der Waals surface area (Å²) < 4.78 is 13.2. The maximum absolute atomic E-state index is 6.60. The third-order valence-electron chi connectivity index (χ3n) is 7.38. The summed E-state index contributed by atoms with van der Waals surface area (Å²) in [6.07, 6.45) is 3.90. The fourth-order valence-corrected chi connectivity index (χ4v) is 7.09. The van der Waals surface area contributed by atoms with Crippen molar-refractivity contribution in [3.63, 3.8) is 0 Å². The first kappa shape index (κ1) is 16.5. The van der Waals surface area contributed by atoms with Crippen LogP contribution in [0, 0.1) is 11.8 Å². The van der Waals surface area contributed by atoms with Gasteiger partial charge in [0.05, 0.1) is 10.8 Å². The molecule has 0 spiro atoms. The molecule has 0 bridgehead atoms. The van der Waals surface area contributed by atoms with Gasteiger partial charge in [0.1, 0.15) is 0 Å². The van der Waals surface area contributed by atoms with Gasteiger partial charge in [0.2, 0.25) is 0 Å². The van der Waals surface area contributed by atoms with E-state index in [2.05, 4.69) is 74.5 Å².